The molecule has 0 bridgehead atoms. The van der Waals surface area contributed by atoms with Gasteiger partial charge in [0.1, 0.15) is 5.69 Å². The first-order valence-corrected chi connectivity index (χ1v) is 5.21. The quantitative estimate of drug-likeness (QED) is 0.698. The van der Waals surface area contributed by atoms with Crippen LogP contribution in [0.2, 0.25) is 0 Å². The number of carbonyl (C=O) groups excluding carboxylic acids is 1. The second-order valence-corrected chi connectivity index (χ2v) is 4.58. The van der Waals surface area contributed by atoms with Crippen LogP contribution < -0.4 is 11.1 Å². The molecule has 1 rings (SSSR count). The van der Waals surface area contributed by atoms with E-state index >= 15 is 0 Å². The van der Waals surface area contributed by atoms with Crippen LogP contribution in [0.25, 0.3) is 0 Å². The van der Waals surface area contributed by atoms with Gasteiger partial charge < -0.3 is 20.7 Å². The van der Waals surface area contributed by atoms with Crippen LogP contribution in [0, 0.1) is 0 Å². The monoisotopic (exact) mass is 225 g/mol. The summed E-state index contributed by atoms with van der Waals surface area (Å²) in [7, 11) is 1.77. The number of anilines is 1. The van der Waals surface area contributed by atoms with Gasteiger partial charge in [-0.15, -0.1) is 0 Å². The predicted molar refractivity (Wildman–Crippen MR) is 63.1 cm³/mol. The second-order valence-electron chi connectivity index (χ2n) is 4.58. The van der Waals surface area contributed by atoms with Crippen LogP contribution in [0.15, 0.2) is 12.3 Å². The van der Waals surface area contributed by atoms with Gasteiger partial charge in [-0.2, -0.15) is 0 Å². The van der Waals surface area contributed by atoms with Gasteiger partial charge in [0.2, 0.25) is 0 Å². The number of amides is 1. The molecule has 0 unspecified atom stereocenters. The summed E-state index contributed by atoms with van der Waals surface area (Å²) in [5.41, 5.74) is 6.25. The van der Waals surface area contributed by atoms with Crippen LogP contribution in [0.4, 0.5) is 5.69 Å². The summed E-state index contributed by atoms with van der Waals surface area (Å²) in [6, 6.07) is 1.63. The molecule has 1 heterocycles. The lowest BCUT2D eigenvalue weighted by Gasteiger charge is -2.25. The Labute approximate surface area is 95.3 Å². The van der Waals surface area contributed by atoms with Crippen molar-refractivity contribution < 1.29 is 9.90 Å². The zero-order valence-electron chi connectivity index (χ0n) is 9.95. The minimum atomic E-state index is -0.426. The summed E-state index contributed by atoms with van der Waals surface area (Å²) in [6.07, 6.45) is 2.20. The lowest BCUT2D eigenvalue weighted by atomic mass is 10.0. The number of aliphatic hydroxyl groups excluding tert-OH is 1. The molecule has 16 heavy (non-hydrogen) atoms. The fourth-order valence-electron chi connectivity index (χ4n) is 1.53. The van der Waals surface area contributed by atoms with Gasteiger partial charge in [0, 0.05) is 25.4 Å². The maximum atomic E-state index is 11.9. The Morgan fingerprint density at radius 3 is 2.69 bits per heavy atom. The average molecular weight is 225 g/mol. The number of nitrogens with two attached hydrogens (primary N) is 1. The van der Waals surface area contributed by atoms with Crippen molar-refractivity contribution in [3.05, 3.63) is 18.0 Å². The topological polar surface area (TPSA) is 80.3 Å². The fourth-order valence-corrected chi connectivity index (χ4v) is 1.53. The third-order valence-corrected chi connectivity index (χ3v) is 2.45. The van der Waals surface area contributed by atoms with Crippen molar-refractivity contribution >= 4 is 11.6 Å². The third-order valence-electron chi connectivity index (χ3n) is 2.45. The van der Waals surface area contributed by atoms with E-state index in [2.05, 4.69) is 5.32 Å². The molecule has 0 saturated carbocycles. The fraction of sp³-hybridized carbons (Fsp3) is 0.545. The molecule has 0 radical (unpaired) electrons. The first-order chi connectivity index (χ1) is 7.35. The molecule has 5 heteroatoms. The third kappa shape index (κ3) is 3.00. The van der Waals surface area contributed by atoms with Crippen LogP contribution >= 0.6 is 0 Å². The summed E-state index contributed by atoms with van der Waals surface area (Å²) in [4.78, 5) is 11.9. The number of aromatic nitrogens is 1. The number of hydrogen-bond acceptors (Lipinski definition) is 3. The maximum absolute atomic E-state index is 11.9. The Bertz CT molecular complexity index is 383. The van der Waals surface area contributed by atoms with Crippen molar-refractivity contribution in [3.8, 4) is 0 Å². The number of nitrogens with one attached hydrogen (secondary N) is 1. The molecule has 0 aliphatic rings. The average Bonchev–Trinajstić information content (AvgIpc) is 2.44. The van der Waals surface area contributed by atoms with Crippen molar-refractivity contribution in [1.82, 2.24) is 9.88 Å². The van der Waals surface area contributed by atoms with E-state index in [9.17, 15) is 4.79 Å². The number of aliphatic hydroxyl groups is 1. The molecular formula is C11H19N3O2. The van der Waals surface area contributed by atoms with E-state index in [1.54, 1.807) is 23.9 Å². The van der Waals surface area contributed by atoms with Gasteiger partial charge in [-0.3, -0.25) is 4.79 Å². The highest BCUT2D eigenvalue weighted by molar-refractivity contribution is 5.94. The molecular weight excluding hydrogens is 206 g/mol. The van der Waals surface area contributed by atoms with Crippen LogP contribution in [0.5, 0.6) is 0 Å². The van der Waals surface area contributed by atoms with Gasteiger partial charge in [-0.25, -0.2) is 0 Å². The highest BCUT2D eigenvalue weighted by Crippen LogP contribution is 2.12. The van der Waals surface area contributed by atoms with E-state index in [-0.39, 0.29) is 12.5 Å². The Hall–Kier alpha value is -1.49. The van der Waals surface area contributed by atoms with Crippen LogP contribution in [-0.4, -0.2) is 27.7 Å². The number of hydrogen-bond donors (Lipinski definition) is 3. The van der Waals surface area contributed by atoms with Gasteiger partial charge in [-0.1, -0.05) is 0 Å². The summed E-state index contributed by atoms with van der Waals surface area (Å²) < 4.78 is 1.68. The summed E-state index contributed by atoms with van der Waals surface area (Å²) in [6.45, 7) is 3.78. The van der Waals surface area contributed by atoms with E-state index in [0.717, 1.165) is 0 Å². The predicted octanol–water partition coefficient (Wildman–Crippen LogP) is 0.498. The molecule has 0 spiro atoms. The highest BCUT2D eigenvalue weighted by Gasteiger charge is 2.21. The number of nitrogens with zero attached hydrogens (tertiary/aromatic N) is 1. The van der Waals surface area contributed by atoms with Crippen molar-refractivity contribution in [2.45, 2.75) is 25.8 Å². The second kappa shape index (κ2) is 4.57. The van der Waals surface area contributed by atoms with Crippen molar-refractivity contribution in [3.63, 3.8) is 0 Å². The minimum Gasteiger partial charge on any atom is -0.397 e. The Kier molecular flexibility index (Phi) is 3.59. The summed E-state index contributed by atoms with van der Waals surface area (Å²) in [5.74, 6) is -0.183. The Morgan fingerprint density at radius 2 is 2.25 bits per heavy atom. The van der Waals surface area contributed by atoms with Crippen LogP contribution in [0.3, 0.4) is 0 Å². The molecule has 4 N–H and O–H groups in total. The van der Waals surface area contributed by atoms with E-state index in [1.165, 1.54) is 0 Å². The maximum Gasteiger partial charge on any atom is 0.268 e. The molecule has 0 fully saturated rings. The standard InChI is InChI=1S/C11H19N3O2/c1-11(2,4-5-15)13-10(16)9-6-8(12)7-14(9)3/h6-7,15H,4-5,12H2,1-3H3,(H,13,16). The van der Waals surface area contributed by atoms with Crippen molar-refractivity contribution in [2.75, 3.05) is 12.3 Å². The molecule has 1 aromatic rings. The Balaban J connectivity index is 2.76. The molecule has 0 saturated heterocycles. The van der Waals surface area contributed by atoms with Crippen molar-refractivity contribution in [2.24, 2.45) is 7.05 Å². The molecule has 1 aromatic heterocycles. The van der Waals surface area contributed by atoms with E-state index in [4.69, 9.17) is 10.8 Å². The summed E-state index contributed by atoms with van der Waals surface area (Å²) >= 11 is 0. The van der Waals surface area contributed by atoms with Gasteiger partial charge in [0.25, 0.3) is 5.91 Å². The van der Waals surface area contributed by atoms with Crippen molar-refractivity contribution in [1.29, 1.82) is 0 Å². The Morgan fingerprint density at radius 1 is 1.62 bits per heavy atom. The molecule has 1 amide bonds. The zero-order valence-corrected chi connectivity index (χ0v) is 9.95. The smallest absolute Gasteiger partial charge is 0.268 e. The highest BCUT2D eigenvalue weighted by atomic mass is 16.3. The van der Waals surface area contributed by atoms with Gasteiger partial charge in [0.15, 0.2) is 0 Å². The zero-order chi connectivity index (χ0) is 12.3. The van der Waals surface area contributed by atoms with Gasteiger partial charge >= 0.3 is 0 Å². The molecule has 0 atom stereocenters. The van der Waals surface area contributed by atoms with Crippen LogP contribution in [0.1, 0.15) is 30.8 Å². The molecule has 90 valence electrons. The first-order valence-electron chi connectivity index (χ1n) is 5.21. The normalized spacial score (nSPS) is 11.5. The largest absolute Gasteiger partial charge is 0.397 e. The van der Waals surface area contributed by atoms with E-state index < -0.39 is 5.54 Å². The van der Waals surface area contributed by atoms with Gasteiger partial charge in [-0.05, 0) is 26.3 Å². The van der Waals surface area contributed by atoms with E-state index in [0.29, 0.717) is 17.8 Å². The lowest BCUT2D eigenvalue weighted by molar-refractivity contribution is 0.0891. The first kappa shape index (κ1) is 12.6. The molecule has 0 aliphatic carbocycles. The molecule has 0 aromatic carbocycles. The SMILES string of the molecule is Cn1cc(N)cc1C(=O)NC(C)(C)CCO. The number of carbonyl (C=O) groups is 1. The summed E-state index contributed by atoms with van der Waals surface area (Å²) in [5, 5.41) is 11.7. The number of aryl methyl sites for hydroxylation is 1. The minimum absolute atomic E-state index is 0.0442. The lowest BCUT2D eigenvalue weighted by Crippen LogP contribution is -2.44. The van der Waals surface area contributed by atoms with Gasteiger partial charge in [0.05, 0.1) is 5.69 Å². The number of rotatable bonds is 4. The van der Waals surface area contributed by atoms with Crippen LogP contribution in [-0.2, 0) is 7.05 Å². The molecule has 0 aliphatic heterocycles. The number of nitrogen functional groups attached to an aromatic ring is 1. The molecule has 5 nitrogen and oxygen atoms in total. The van der Waals surface area contributed by atoms with E-state index in [1.807, 2.05) is 13.8 Å².